The summed E-state index contributed by atoms with van der Waals surface area (Å²) in [6.45, 7) is 2.25. The van der Waals surface area contributed by atoms with Crippen molar-refractivity contribution in [1.29, 1.82) is 0 Å². The molecule has 4 rings (SSSR count). The fourth-order valence-corrected chi connectivity index (χ4v) is 5.23. The Labute approximate surface area is 220 Å². The van der Waals surface area contributed by atoms with Crippen LogP contribution in [0.4, 0.5) is 5.82 Å². The van der Waals surface area contributed by atoms with Crippen LogP contribution in [0.3, 0.4) is 0 Å². The Morgan fingerprint density at radius 2 is 1.97 bits per heavy atom. The van der Waals surface area contributed by atoms with Crippen LogP contribution in [-0.4, -0.2) is 82.7 Å². The van der Waals surface area contributed by atoms with Crippen molar-refractivity contribution in [2.45, 2.75) is 31.5 Å². The molecule has 4 heterocycles. The van der Waals surface area contributed by atoms with Gasteiger partial charge in [0.2, 0.25) is 6.41 Å². The number of anilines is 1. The second kappa shape index (κ2) is 11.9. The highest BCUT2D eigenvalue weighted by molar-refractivity contribution is 9.10. The predicted molar refractivity (Wildman–Crippen MR) is 135 cm³/mol. The number of nitrogens with zero attached hydrogens (tertiary/aromatic N) is 4. The largest absolute Gasteiger partial charge is 0.343 e. The second-order valence-corrected chi connectivity index (χ2v) is 10.2. The first-order valence-electron chi connectivity index (χ1n) is 10.7. The zero-order valence-corrected chi connectivity index (χ0v) is 22.0. The Bertz CT molecular complexity index is 1100. The maximum Gasteiger partial charge on any atom is 0.314 e. The third kappa shape index (κ3) is 6.75. The monoisotopic (exact) mass is 585 g/mol. The van der Waals surface area contributed by atoms with Gasteiger partial charge < -0.3 is 25.8 Å². The molecule has 1 saturated heterocycles. The smallest absolute Gasteiger partial charge is 0.314 e. The lowest BCUT2D eigenvalue weighted by molar-refractivity contribution is -0.137. The molecule has 14 heteroatoms. The number of fused-ring (bicyclic) bond motifs is 1. The van der Waals surface area contributed by atoms with E-state index in [1.165, 1.54) is 22.4 Å². The van der Waals surface area contributed by atoms with E-state index >= 15 is 0 Å². The Kier molecular flexibility index (Phi) is 9.16. The van der Waals surface area contributed by atoms with Gasteiger partial charge in [0, 0.05) is 48.1 Å². The highest BCUT2D eigenvalue weighted by Crippen LogP contribution is 2.24. The molecule has 0 spiro atoms. The van der Waals surface area contributed by atoms with E-state index in [-0.39, 0.29) is 30.7 Å². The molecule has 0 bridgehead atoms. The number of hydrogen-bond donors (Lipinski definition) is 3. The fourth-order valence-electron chi connectivity index (χ4n) is 3.90. The van der Waals surface area contributed by atoms with E-state index in [0.717, 1.165) is 34.6 Å². The lowest BCUT2D eigenvalue weighted by Gasteiger charge is -2.37. The zero-order valence-electron chi connectivity index (χ0n) is 18.8. The summed E-state index contributed by atoms with van der Waals surface area (Å²) in [6, 6.07) is 2.15. The topological polar surface area (TPSA) is 137 Å². The minimum absolute atomic E-state index is 0. The fraction of sp³-hybridized carbons (Fsp3) is 0.429. The third-order valence-corrected chi connectivity index (χ3v) is 7.27. The number of rotatable bonds is 5. The maximum atomic E-state index is 13.0. The van der Waals surface area contributed by atoms with Crippen LogP contribution >= 0.6 is 39.7 Å². The molecule has 35 heavy (non-hydrogen) atoms. The number of likely N-dealkylation sites (tertiary alicyclic amines) is 1. The summed E-state index contributed by atoms with van der Waals surface area (Å²) in [7, 11) is 2.02. The van der Waals surface area contributed by atoms with Crippen LogP contribution in [0, 0.1) is 0 Å². The molecule has 0 aromatic carbocycles. The highest BCUT2D eigenvalue weighted by atomic mass is 79.9. The van der Waals surface area contributed by atoms with Gasteiger partial charge in [0.1, 0.15) is 5.82 Å². The number of aromatic nitrogens is 2. The number of pyridine rings is 1. The number of nitrogens with one attached hydrogen (secondary N) is 3. The van der Waals surface area contributed by atoms with Gasteiger partial charge >= 0.3 is 11.8 Å². The van der Waals surface area contributed by atoms with Crippen molar-refractivity contribution in [2.75, 3.05) is 32.0 Å². The standard InChI is InChI=1S/C21H24BrN7O4S.ClH/c1-28-6-4-14-16(10-28)34-21(26-14)20(33)25-15-9-29(11-30)7-5-13(15)24-18(31)19(32)27-17-3-2-12(22)8-23-17;/h2-3,8,11,13,15H,4-7,9-10H2,1H3,(H,24,31)(H,25,33)(H,23,27,32);1H/t13-,15+;/m0./s1. The molecule has 2 aliphatic rings. The zero-order chi connectivity index (χ0) is 24.2. The number of hydrogen-bond acceptors (Lipinski definition) is 8. The summed E-state index contributed by atoms with van der Waals surface area (Å²) in [5.74, 6) is -1.83. The normalized spacial score (nSPS) is 19.7. The molecule has 188 valence electrons. The number of halogens is 2. The summed E-state index contributed by atoms with van der Waals surface area (Å²) in [4.78, 5) is 62.4. The van der Waals surface area contributed by atoms with Gasteiger partial charge in [-0.15, -0.1) is 23.7 Å². The molecule has 4 amide bonds. The van der Waals surface area contributed by atoms with E-state index < -0.39 is 23.9 Å². The summed E-state index contributed by atoms with van der Waals surface area (Å²) < 4.78 is 0.739. The van der Waals surface area contributed by atoms with E-state index in [0.29, 0.717) is 24.4 Å². The molecule has 2 aliphatic heterocycles. The van der Waals surface area contributed by atoms with Crippen molar-refractivity contribution in [1.82, 2.24) is 30.4 Å². The second-order valence-electron chi connectivity index (χ2n) is 8.24. The maximum absolute atomic E-state index is 13.0. The number of carbonyl (C=O) groups is 4. The summed E-state index contributed by atoms with van der Waals surface area (Å²) in [5.41, 5.74) is 0.939. The van der Waals surface area contributed by atoms with Crippen LogP contribution in [0.15, 0.2) is 22.8 Å². The minimum atomic E-state index is -0.866. The third-order valence-electron chi connectivity index (χ3n) is 5.72. The van der Waals surface area contributed by atoms with Crippen molar-refractivity contribution in [3.8, 4) is 0 Å². The SMILES string of the molecule is CN1CCc2nc(C(=O)N[C@@H]3CN(C=O)CC[C@@H]3NC(=O)C(=O)Nc3ccc(Br)cn3)sc2C1.Cl. The highest BCUT2D eigenvalue weighted by Gasteiger charge is 2.33. The number of carbonyl (C=O) groups excluding carboxylic acids is 4. The van der Waals surface area contributed by atoms with Gasteiger partial charge in [-0.25, -0.2) is 9.97 Å². The average molecular weight is 587 g/mol. The lowest BCUT2D eigenvalue weighted by Crippen LogP contribution is -2.61. The van der Waals surface area contributed by atoms with Gasteiger partial charge in [-0.2, -0.15) is 0 Å². The van der Waals surface area contributed by atoms with Crippen molar-refractivity contribution in [3.05, 3.63) is 38.4 Å². The van der Waals surface area contributed by atoms with Crippen LogP contribution in [0.5, 0.6) is 0 Å². The van der Waals surface area contributed by atoms with Crippen LogP contribution < -0.4 is 16.0 Å². The molecule has 2 aromatic heterocycles. The number of amides is 4. The van der Waals surface area contributed by atoms with Gasteiger partial charge in [0.05, 0.1) is 17.8 Å². The Morgan fingerprint density at radius 1 is 1.17 bits per heavy atom. The first-order chi connectivity index (χ1) is 16.3. The lowest BCUT2D eigenvalue weighted by atomic mass is 9.99. The molecule has 3 N–H and O–H groups in total. The molecule has 0 unspecified atom stereocenters. The minimum Gasteiger partial charge on any atom is -0.343 e. The Hall–Kier alpha value is -2.61. The molecule has 1 fully saturated rings. The van der Waals surface area contributed by atoms with Crippen molar-refractivity contribution < 1.29 is 19.2 Å². The van der Waals surface area contributed by atoms with E-state index in [1.54, 1.807) is 12.1 Å². The van der Waals surface area contributed by atoms with Gasteiger partial charge in [-0.3, -0.25) is 19.2 Å². The van der Waals surface area contributed by atoms with Crippen molar-refractivity contribution in [3.63, 3.8) is 0 Å². The molecule has 2 aromatic rings. The first kappa shape index (κ1) is 27.0. The van der Waals surface area contributed by atoms with E-state index in [9.17, 15) is 19.2 Å². The van der Waals surface area contributed by atoms with Crippen LogP contribution in [0.2, 0.25) is 0 Å². The quantitative estimate of drug-likeness (QED) is 0.348. The van der Waals surface area contributed by atoms with E-state index in [2.05, 4.69) is 46.7 Å². The molecular weight excluding hydrogens is 562 g/mol. The molecule has 0 saturated carbocycles. The van der Waals surface area contributed by atoms with Crippen molar-refractivity contribution in [2.24, 2.45) is 0 Å². The summed E-state index contributed by atoms with van der Waals surface area (Å²) >= 11 is 4.61. The number of likely N-dealkylation sites (N-methyl/N-ethyl adjacent to an activating group) is 1. The summed E-state index contributed by atoms with van der Waals surface area (Å²) in [5, 5.41) is 8.38. The average Bonchev–Trinajstić information content (AvgIpc) is 3.25. The van der Waals surface area contributed by atoms with Crippen LogP contribution in [0.25, 0.3) is 0 Å². The van der Waals surface area contributed by atoms with Gasteiger partial charge in [0.25, 0.3) is 5.91 Å². The molecular formula is C21H25BrClN7O4S. The molecule has 0 radical (unpaired) electrons. The Morgan fingerprint density at radius 3 is 2.69 bits per heavy atom. The molecule has 11 nitrogen and oxygen atoms in total. The van der Waals surface area contributed by atoms with Gasteiger partial charge in [-0.1, -0.05) is 0 Å². The predicted octanol–water partition coefficient (Wildman–Crippen LogP) is 0.794. The molecule has 0 aliphatic carbocycles. The van der Waals surface area contributed by atoms with Gasteiger partial charge in [0.15, 0.2) is 5.01 Å². The number of piperidine rings is 1. The Balaban J connectivity index is 0.00000342. The molecule has 2 atom stereocenters. The van der Waals surface area contributed by atoms with Crippen molar-refractivity contribution >= 4 is 69.6 Å². The number of thiazole rings is 1. The van der Waals surface area contributed by atoms with Crippen LogP contribution in [-0.2, 0) is 27.3 Å². The van der Waals surface area contributed by atoms with Crippen LogP contribution in [0.1, 0.15) is 26.8 Å². The van der Waals surface area contributed by atoms with E-state index in [4.69, 9.17) is 0 Å². The first-order valence-corrected chi connectivity index (χ1v) is 12.3. The summed E-state index contributed by atoms with van der Waals surface area (Å²) in [6.07, 6.45) is 3.39. The van der Waals surface area contributed by atoms with E-state index in [1.807, 2.05) is 7.05 Å². The van der Waals surface area contributed by atoms with Gasteiger partial charge in [-0.05, 0) is 41.5 Å².